The fourth-order valence-corrected chi connectivity index (χ4v) is 4.46. The van der Waals surface area contributed by atoms with Crippen LogP contribution < -0.4 is 15.3 Å². The average molecular weight is 639 g/mol. The van der Waals surface area contributed by atoms with Gasteiger partial charge in [-0.15, -0.1) is 0 Å². The summed E-state index contributed by atoms with van der Waals surface area (Å²) < 4.78 is 22.5. The molecule has 2 heterocycles. The number of carbonyl (C=O) groups is 2. The highest BCUT2D eigenvalue weighted by molar-refractivity contribution is 6.32. The van der Waals surface area contributed by atoms with Gasteiger partial charge in [-0.25, -0.2) is 9.78 Å². The van der Waals surface area contributed by atoms with Crippen LogP contribution in [0, 0.1) is 28.6 Å². The highest BCUT2D eigenvalue weighted by Gasteiger charge is 2.31. The number of nitrogens with zero attached hydrogens (tertiary/aromatic N) is 7. The van der Waals surface area contributed by atoms with E-state index in [2.05, 4.69) is 31.3 Å². The second-order valence-corrected chi connectivity index (χ2v) is 11.1. The van der Waals surface area contributed by atoms with E-state index in [1.807, 2.05) is 68.4 Å². The first kappa shape index (κ1) is 34.6. The van der Waals surface area contributed by atoms with Crippen molar-refractivity contribution < 1.29 is 23.5 Å². The monoisotopic (exact) mass is 638 g/mol. The Bertz CT molecular complexity index is 1540. The Morgan fingerprint density at radius 3 is 2.18 bits per heavy atom. The number of aliphatic carboxylic acids is 1. The minimum absolute atomic E-state index is 0.0190. The van der Waals surface area contributed by atoms with Crippen LogP contribution in [-0.2, 0) is 11.3 Å². The van der Waals surface area contributed by atoms with Crippen LogP contribution in [0.1, 0.15) is 48.1 Å². The Kier molecular flexibility index (Phi) is 12.1. The number of amides is 1. The number of hydrogen-bond acceptors (Lipinski definition) is 9. The molecule has 1 aliphatic heterocycles. The van der Waals surface area contributed by atoms with Crippen LogP contribution in [0.3, 0.4) is 0 Å². The number of rotatable bonds is 9. The first-order valence-electron chi connectivity index (χ1n) is 14.0. The maximum Gasteiger partial charge on any atom is 0.374 e. The Hall–Kier alpha value is -4.85. The number of alkyl halides is 2. The molecule has 0 aliphatic carbocycles. The van der Waals surface area contributed by atoms with Crippen molar-refractivity contribution in [2.75, 3.05) is 42.6 Å². The molecule has 14 heteroatoms. The molecular formula is C31H33ClF2N8O3. The number of hydrogen-bond donors (Lipinski definition) is 2. The van der Waals surface area contributed by atoms with Gasteiger partial charge >= 0.3 is 11.9 Å². The molecule has 0 radical (unpaired) electrons. The summed E-state index contributed by atoms with van der Waals surface area (Å²) in [6, 6.07) is 19.3. The Labute approximate surface area is 265 Å². The van der Waals surface area contributed by atoms with Crippen molar-refractivity contribution in [2.45, 2.75) is 33.2 Å². The number of aromatic nitrogens is 2. The molecule has 45 heavy (non-hydrogen) atoms. The van der Waals surface area contributed by atoms with Gasteiger partial charge < -0.3 is 10.0 Å². The molecule has 1 amide bonds. The number of benzene rings is 2. The van der Waals surface area contributed by atoms with Crippen molar-refractivity contribution in [1.29, 1.82) is 10.5 Å². The molecule has 0 bridgehead atoms. The summed E-state index contributed by atoms with van der Waals surface area (Å²) in [6.45, 7) is 9.30. The van der Waals surface area contributed by atoms with Crippen molar-refractivity contribution in [3.05, 3.63) is 82.3 Å². The topological polar surface area (TPSA) is 149 Å². The molecule has 4 rings (SSSR count). The summed E-state index contributed by atoms with van der Waals surface area (Å²) in [5, 5.41) is 27.5. The number of halogens is 3. The molecule has 2 aromatic carbocycles. The van der Waals surface area contributed by atoms with Gasteiger partial charge in [-0.05, 0) is 47.9 Å². The lowest BCUT2D eigenvalue weighted by Gasteiger charge is -2.36. The number of anilines is 2. The highest BCUT2D eigenvalue weighted by Crippen LogP contribution is 2.23. The lowest BCUT2D eigenvalue weighted by atomic mass is 10.1. The van der Waals surface area contributed by atoms with Crippen LogP contribution in [0.25, 0.3) is 0 Å². The predicted octanol–water partition coefficient (Wildman–Crippen LogP) is 4.73. The normalized spacial score (nSPS) is 13.2. The van der Waals surface area contributed by atoms with Gasteiger partial charge in [0, 0.05) is 57.4 Å². The third kappa shape index (κ3) is 10.4. The quantitative estimate of drug-likeness (QED) is 0.315. The van der Waals surface area contributed by atoms with Crippen LogP contribution in [0.2, 0.25) is 5.02 Å². The second-order valence-electron chi connectivity index (χ2n) is 10.7. The fourth-order valence-electron chi connectivity index (χ4n) is 4.27. The van der Waals surface area contributed by atoms with E-state index in [0.29, 0.717) is 24.6 Å². The highest BCUT2D eigenvalue weighted by atomic mass is 35.5. The molecule has 3 aromatic rings. The van der Waals surface area contributed by atoms with Gasteiger partial charge in [-0.2, -0.15) is 24.3 Å². The molecule has 2 N–H and O–H groups in total. The van der Waals surface area contributed by atoms with Crippen LogP contribution in [-0.4, -0.2) is 70.5 Å². The summed E-state index contributed by atoms with van der Waals surface area (Å²) in [5.74, 6) is -5.49. The maximum absolute atomic E-state index is 13.1. The van der Waals surface area contributed by atoms with Crippen molar-refractivity contribution >= 4 is 35.0 Å². The maximum atomic E-state index is 13.1. The Morgan fingerprint density at radius 2 is 1.67 bits per heavy atom. The van der Waals surface area contributed by atoms with Crippen molar-refractivity contribution in [2.24, 2.45) is 5.92 Å². The van der Waals surface area contributed by atoms with E-state index in [-0.39, 0.29) is 28.5 Å². The van der Waals surface area contributed by atoms with E-state index in [1.165, 1.54) is 6.20 Å². The molecule has 1 fully saturated rings. The van der Waals surface area contributed by atoms with Crippen LogP contribution in [0.5, 0.6) is 0 Å². The van der Waals surface area contributed by atoms with Crippen LogP contribution >= 0.6 is 11.6 Å². The summed E-state index contributed by atoms with van der Waals surface area (Å²) >= 11 is 6.28. The fraction of sp³-hybridized carbons (Fsp3) is 0.355. The number of nitriles is 2. The van der Waals surface area contributed by atoms with E-state index in [4.69, 9.17) is 27.2 Å². The second kappa shape index (κ2) is 15.7. The number of hydrazine groups is 1. The standard InChI is InChI=1S/C28H29ClN8O.C3H4F2O2/c1-20(2)18-37(27-25(29)17-32-26(16-31)33-27)34-28(38)23-7-3-22(4-8-23)19-35-11-13-36(14-12-35)24-9-5-21(15-30)6-10-24;1-3(4,5)2(6)7/h3-10,17,20H,11-14,18-19H2,1-2H3,(H,34,38);1H3,(H,6,7). The van der Waals surface area contributed by atoms with Crippen molar-refractivity contribution in [3.8, 4) is 12.1 Å². The average Bonchev–Trinajstić information content (AvgIpc) is 3.01. The third-order valence-electron chi connectivity index (χ3n) is 6.60. The number of nitrogens with one attached hydrogen (secondary N) is 1. The number of carbonyl (C=O) groups excluding carboxylic acids is 1. The number of carboxylic acid groups (broad SMARTS) is 1. The van der Waals surface area contributed by atoms with Gasteiger partial charge in [-0.3, -0.25) is 20.1 Å². The summed E-state index contributed by atoms with van der Waals surface area (Å²) in [4.78, 5) is 35.1. The lowest BCUT2D eigenvalue weighted by Crippen LogP contribution is -2.46. The molecule has 11 nitrogen and oxygen atoms in total. The summed E-state index contributed by atoms with van der Waals surface area (Å²) in [6.07, 6.45) is 1.36. The van der Waals surface area contributed by atoms with Gasteiger partial charge in [0.05, 0.1) is 17.8 Å². The van der Waals surface area contributed by atoms with Gasteiger partial charge in [0.2, 0.25) is 5.82 Å². The van der Waals surface area contributed by atoms with Gasteiger partial charge in [-0.1, -0.05) is 37.6 Å². The minimum Gasteiger partial charge on any atom is -0.477 e. The molecule has 0 unspecified atom stereocenters. The largest absolute Gasteiger partial charge is 0.477 e. The van der Waals surface area contributed by atoms with E-state index >= 15 is 0 Å². The number of piperazine rings is 1. The zero-order chi connectivity index (χ0) is 33.1. The molecule has 0 atom stereocenters. The molecule has 1 saturated heterocycles. The van der Waals surface area contributed by atoms with E-state index in [9.17, 15) is 18.4 Å². The van der Waals surface area contributed by atoms with Gasteiger partial charge in [0.25, 0.3) is 5.91 Å². The van der Waals surface area contributed by atoms with Gasteiger partial charge in [0.1, 0.15) is 11.1 Å². The zero-order valence-corrected chi connectivity index (χ0v) is 25.8. The third-order valence-corrected chi connectivity index (χ3v) is 6.86. The molecular weight excluding hydrogens is 606 g/mol. The van der Waals surface area contributed by atoms with E-state index in [1.54, 1.807) is 5.01 Å². The van der Waals surface area contributed by atoms with Crippen LogP contribution in [0.4, 0.5) is 20.3 Å². The van der Waals surface area contributed by atoms with Crippen molar-refractivity contribution in [3.63, 3.8) is 0 Å². The summed E-state index contributed by atoms with van der Waals surface area (Å²) in [7, 11) is 0. The van der Waals surface area contributed by atoms with E-state index in [0.717, 1.165) is 44.0 Å². The predicted molar refractivity (Wildman–Crippen MR) is 165 cm³/mol. The van der Waals surface area contributed by atoms with Gasteiger partial charge in [0.15, 0.2) is 5.82 Å². The molecule has 1 aliphatic rings. The SMILES string of the molecule is CC(C)CN(NC(=O)c1ccc(CN2CCN(c3ccc(C#N)cc3)CC2)cc1)c1nc(C#N)ncc1Cl.CC(F)(F)C(=O)O. The molecule has 236 valence electrons. The van der Waals surface area contributed by atoms with Crippen LogP contribution in [0.15, 0.2) is 54.7 Å². The molecule has 1 aromatic heterocycles. The van der Waals surface area contributed by atoms with Crippen molar-refractivity contribution in [1.82, 2.24) is 20.3 Å². The Morgan fingerprint density at radius 1 is 1.07 bits per heavy atom. The lowest BCUT2D eigenvalue weighted by molar-refractivity contribution is -0.161. The zero-order valence-electron chi connectivity index (χ0n) is 25.0. The molecule has 0 spiro atoms. The molecule has 0 saturated carbocycles. The van der Waals surface area contributed by atoms with E-state index < -0.39 is 11.9 Å². The first-order chi connectivity index (χ1) is 21.3. The first-order valence-corrected chi connectivity index (χ1v) is 14.4. The Balaban J connectivity index is 0.000000707. The summed E-state index contributed by atoms with van der Waals surface area (Å²) in [5.41, 5.74) is 6.33. The number of carboxylic acids is 1. The minimum atomic E-state index is -3.58. The smallest absolute Gasteiger partial charge is 0.374 e.